The lowest BCUT2D eigenvalue weighted by Gasteiger charge is -2.30. The maximum absolute atomic E-state index is 12.6. The second-order valence-electron chi connectivity index (χ2n) is 6.72. The largest absolute Gasteiger partial charge is 0.378 e. The van der Waals surface area contributed by atoms with Gasteiger partial charge in [-0.2, -0.15) is 0 Å². The van der Waals surface area contributed by atoms with E-state index in [4.69, 9.17) is 4.74 Å². The number of carbonyl (C=O) groups excluding carboxylic acids is 3. The van der Waals surface area contributed by atoms with Crippen LogP contribution >= 0.6 is 11.8 Å². The van der Waals surface area contributed by atoms with Gasteiger partial charge in [0, 0.05) is 25.5 Å². The van der Waals surface area contributed by atoms with Gasteiger partial charge in [0.2, 0.25) is 5.91 Å². The van der Waals surface area contributed by atoms with Crippen molar-refractivity contribution in [1.82, 2.24) is 9.88 Å². The first-order valence-corrected chi connectivity index (χ1v) is 10.3. The molecule has 2 aliphatic heterocycles. The highest BCUT2D eigenvalue weighted by Gasteiger charge is 2.36. The minimum absolute atomic E-state index is 0.273. The molecule has 2 fully saturated rings. The van der Waals surface area contributed by atoms with E-state index in [2.05, 4.69) is 15.2 Å². The molecule has 1 N–H and O–H groups in total. The maximum atomic E-state index is 12.6. The summed E-state index contributed by atoms with van der Waals surface area (Å²) in [7, 11) is 0. The highest BCUT2D eigenvalue weighted by Crippen LogP contribution is 2.32. The van der Waals surface area contributed by atoms with Crippen LogP contribution in [0.3, 0.4) is 0 Å². The summed E-state index contributed by atoms with van der Waals surface area (Å²) >= 11 is 0.819. The number of hydrogen-bond acceptors (Lipinski definition) is 7. The molecule has 1 aromatic heterocycles. The predicted molar refractivity (Wildman–Crippen MR) is 115 cm³/mol. The van der Waals surface area contributed by atoms with E-state index >= 15 is 0 Å². The van der Waals surface area contributed by atoms with Gasteiger partial charge in [-0.15, -0.1) is 0 Å². The maximum Gasteiger partial charge on any atom is 0.294 e. The lowest BCUT2D eigenvalue weighted by molar-refractivity contribution is -0.127. The summed E-state index contributed by atoms with van der Waals surface area (Å²) in [5.74, 6) is -0.911. The van der Waals surface area contributed by atoms with Crippen molar-refractivity contribution in [1.29, 1.82) is 0 Å². The average Bonchev–Trinajstić information content (AvgIpc) is 3.03. The molecule has 2 aliphatic rings. The molecule has 2 aromatic rings. The zero-order chi connectivity index (χ0) is 20.9. The lowest BCUT2D eigenvalue weighted by atomic mass is 10.2. The normalized spacial score (nSPS) is 18.2. The zero-order valence-electron chi connectivity index (χ0n) is 16.1. The first-order valence-electron chi connectivity index (χ1n) is 9.49. The van der Waals surface area contributed by atoms with Gasteiger partial charge in [0.05, 0.1) is 29.5 Å². The number of anilines is 2. The molecule has 154 valence electrons. The molecule has 0 atom stereocenters. The van der Waals surface area contributed by atoms with E-state index in [9.17, 15) is 14.4 Å². The summed E-state index contributed by atoms with van der Waals surface area (Å²) < 4.78 is 5.38. The van der Waals surface area contributed by atoms with E-state index in [-0.39, 0.29) is 11.4 Å². The van der Waals surface area contributed by atoms with Crippen molar-refractivity contribution >= 4 is 46.3 Å². The fourth-order valence-corrected chi connectivity index (χ4v) is 4.08. The molecular formula is C21H20N4O4S. The Morgan fingerprint density at radius 3 is 2.73 bits per heavy atom. The Hall–Kier alpha value is -3.17. The monoisotopic (exact) mass is 424 g/mol. The number of nitrogens with one attached hydrogen (secondary N) is 1. The van der Waals surface area contributed by atoms with Crippen molar-refractivity contribution < 1.29 is 19.1 Å². The molecule has 8 nitrogen and oxygen atoms in total. The van der Waals surface area contributed by atoms with Gasteiger partial charge < -0.3 is 15.0 Å². The lowest BCUT2D eigenvalue weighted by Crippen LogP contribution is -2.38. The van der Waals surface area contributed by atoms with E-state index in [0.29, 0.717) is 24.5 Å². The summed E-state index contributed by atoms with van der Waals surface area (Å²) in [6.45, 7) is 2.38. The number of ether oxygens (including phenoxy) is 1. The Balaban J connectivity index is 1.44. The van der Waals surface area contributed by atoms with Crippen molar-refractivity contribution in [3.8, 4) is 0 Å². The first kappa shape index (κ1) is 20.1. The third-order valence-corrected chi connectivity index (χ3v) is 5.59. The summed E-state index contributed by atoms with van der Waals surface area (Å²) in [6, 6.07) is 11.0. The fraction of sp³-hybridized carbons (Fsp3) is 0.238. The van der Waals surface area contributed by atoms with Gasteiger partial charge in [-0.1, -0.05) is 18.2 Å². The van der Waals surface area contributed by atoms with E-state index in [1.54, 1.807) is 36.7 Å². The van der Waals surface area contributed by atoms with E-state index in [1.165, 1.54) is 0 Å². The number of morpholine rings is 1. The van der Waals surface area contributed by atoms with Crippen molar-refractivity contribution in [3.05, 3.63) is 59.3 Å². The summed E-state index contributed by atoms with van der Waals surface area (Å²) in [6.07, 6.45) is 4.83. The molecule has 0 saturated carbocycles. The highest BCUT2D eigenvalue weighted by molar-refractivity contribution is 8.18. The van der Waals surface area contributed by atoms with E-state index < -0.39 is 17.1 Å². The number of pyridine rings is 1. The van der Waals surface area contributed by atoms with Gasteiger partial charge in [-0.25, -0.2) is 0 Å². The van der Waals surface area contributed by atoms with Crippen LogP contribution in [0.2, 0.25) is 0 Å². The van der Waals surface area contributed by atoms with Crippen molar-refractivity contribution in [2.75, 3.05) is 43.1 Å². The van der Waals surface area contributed by atoms with Gasteiger partial charge in [-0.3, -0.25) is 24.3 Å². The Morgan fingerprint density at radius 1 is 1.17 bits per heavy atom. The molecule has 0 unspecified atom stereocenters. The molecule has 9 heteroatoms. The molecular weight excluding hydrogens is 404 g/mol. The predicted octanol–water partition coefficient (Wildman–Crippen LogP) is 2.59. The topological polar surface area (TPSA) is 91.8 Å². The molecule has 0 aliphatic carbocycles. The number of hydrogen-bond donors (Lipinski definition) is 1. The minimum atomic E-state index is -0.481. The molecule has 0 bridgehead atoms. The number of para-hydroxylation sites is 2. The van der Waals surface area contributed by atoms with Crippen LogP contribution in [0.5, 0.6) is 0 Å². The second kappa shape index (κ2) is 9.10. The Morgan fingerprint density at radius 2 is 1.97 bits per heavy atom. The van der Waals surface area contributed by atoms with Crippen LogP contribution in [0.15, 0.2) is 53.7 Å². The Kier molecular flexibility index (Phi) is 6.10. The van der Waals surface area contributed by atoms with Crippen molar-refractivity contribution in [3.63, 3.8) is 0 Å². The highest BCUT2D eigenvalue weighted by atomic mass is 32.2. The number of imide groups is 1. The van der Waals surface area contributed by atoms with Crippen LogP contribution in [0, 0.1) is 0 Å². The van der Waals surface area contributed by atoms with E-state index in [1.807, 2.05) is 18.2 Å². The van der Waals surface area contributed by atoms with Crippen LogP contribution in [0.25, 0.3) is 6.08 Å². The number of rotatable bonds is 5. The van der Waals surface area contributed by atoms with Gasteiger partial charge in [0.25, 0.3) is 11.1 Å². The van der Waals surface area contributed by atoms with Gasteiger partial charge in [0.1, 0.15) is 6.54 Å². The van der Waals surface area contributed by atoms with Gasteiger partial charge in [-0.05, 0) is 41.6 Å². The smallest absolute Gasteiger partial charge is 0.294 e. The average molecular weight is 424 g/mol. The SMILES string of the molecule is O=C(CN1C(=O)S/C(=C/c2cccnc2)C1=O)Nc1ccccc1N1CCOCC1. The zero-order valence-corrected chi connectivity index (χ0v) is 16.9. The molecule has 0 spiro atoms. The number of amides is 3. The Bertz CT molecular complexity index is 990. The van der Waals surface area contributed by atoms with Crippen molar-refractivity contribution in [2.45, 2.75) is 0 Å². The molecule has 0 radical (unpaired) electrons. The molecule has 3 heterocycles. The van der Waals surface area contributed by atoms with Crippen LogP contribution in [-0.4, -0.2) is 59.8 Å². The number of benzene rings is 1. The first-order chi connectivity index (χ1) is 14.6. The minimum Gasteiger partial charge on any atom is -0.378 e. The van der Waals surface area contributed by atoms with Crippen LogP contribution in [-0.2, 0) is 14.3 Å². The summed E-state index contributed by atoms with van der Waals surface area (Å²) in [5.41, 5.74) is 2.24. The quantitative estimate of drug-likeness (QED) is 0.738. The molecule has 4 rings (SSSR count). The number of carbonyl (C=O) groups is 3. The van der Waals surface area contributed by atoms with Gasteiger partial charge in [0.15, 0.2) is 0 Å². The van der Waals surface area contributed by atoms with Crippen molar-refractivity contribution in [2.24, 2.45) is 0 Å². The fourth-order valence-electron chi connectivity index (χ4n) is 3.24. The van der Waals surface area contributed by atoms with Crippen LogP contribution in [0.1, 0.15) is 5.56 Å². The summed E-state index contributed by atoms with van der Waals surface area (Å²) in [5, 5.41) is 2.37. The summed E-state index contributed by atoms with van der Waals surface area (Å²) in [4.78, 5) is 44.9. The molecule has 1 aromatic carbocycles. The molecule has 3 amide bonds. The third kappa shape index (κ3) is 4.52. The van der Waals surface area contributed by atoms with Gasteiger partial charge >= 0.3 is 0 Å². The third-order valence-electron chi connectivity index (χ3n) is 4.69. The Labute approximate surface area is 177 Å². The van der Waals surface area contributed by atoms with E-state index in [0.717, 1.165) is 35.4 Å². The standard InChI is InChI=1S/C21H20N4O4S/c26-19(23-16-5-1-2-6-17(16)24-8-10-29-11-9-24)14-25-20(27)18(30-21(25)28)12-15-4-3-7-22-13-15/h1-7,12-13H,8-11,14H2,(H,23,26)/b18-12+. The number of thioether (sulfide) groups is 1. The molecule has 30 heavy (non-hydrogen) atoms. The number of aromatic nitrogens is 1. The second-order valence-corrected chi connectivity index (χ2v) is 7.71. The van der Waals surface area contributed by atoms with Crippen LogP contribution in [0.4, 0.5) is 16.2 Å². The van der Waals surface area contributed by atoms with Crippen LogP contribution < -0.4 is 10.2 Å². The number of nitrogens with zero attached hydrogens (tertiary/aromatic N) is 3. The molecule has 2 saturated heterocycles.